The molecule has 2 heterocycles. The van der Waals surface area contributed by atoms with Crippen molar-refractivity contribution >= 4 is 5.65 Å². The van der Waals surface area contributed by atoms with Crippen LogP contribution < -0.4 is 5.43 Å². The maximum absolute atomic E-state index is 11.2. The molecule has 18 heavy (non-hydrogen) atoms. The Morgan fingerprint density at radius 2 is 2.00 bits per heavy atom. The maximum Gasteiger partial charge on any atom is 0.183 e. The second kappa shape index (κ2) is 4.03. The number of aromatic nitrogens is 3. The highest BCUT2D eigenvalue weighted by Crippen LogP contribution is 2.13. The summed E-state index contributed by atoms with van der Waals surface area (Å²) >= 11 is 0. The van der Waals surface area contributed by atoms with Gasteiger partial charge in [0, 0.05) is 24.8 Å². The fourth-order valence-corrected chi connectivity index (χ4v) is 1.89. The number of phenolic OH excluding ortho intramolecular Hbond substituents is 1. The number of nitrogens with one attached hydrogen (secondary N) is 1. The van der Waals surface area contributed by atoms with Crippen molar-refractivity contribution in [1.29, 1.82) is 0 Å². The fourth-order valence-electron chi connectivity index (χ4n) is 1.89. The lowest BCUT2D eigenvalue weighted by atomic mass is 10.1. The van der Waals surface area contributed by atoms with Crippen molar-refractivity contribution in [3.05, 3.63) is 64.2 Å². The third kappa shape index (κ3) is 1.86. The lowest BCUT2D eigenvalue weighted by Crippen LogP contribution is -2.01. The zero-order chi connectivity index (χ0) is 12.5. The summed E-state index contributed by atoms with van der Waals surface area (Å²) in [6, 6.07) is 9.99. The molecule has 0 aliphatic heterocycles. The maximum atomic E-state index is 11.2. The van der Waals surface area contributed by atoms with Crippen molar-refractivity contribution in [3.8, 4) is 5.75 Å². The molecule has 2 aromatic heterocycles. The van der Waals surface area contributed by atoms with Crippen LogP contribution in [0.3, 0.4) is 0 Å². The Bertz CT molecular complexity index is 741. The standard InChI is InChI=1S/C13H11N3O2/c17-10-3-1-9(2-4-10)7-12-14-15-13-8-11(18)5-6-16(12)13/h1-6,8,15,17H,7H2. The molecule has 0 fully saturated rings. The Morgan fingerprint density at radius 1 is 1.22 bits per heavy atom. The molecule has 0 saturated heterocycles. The molecule has 0 aliphatic carbocycles. The summed E-state index contributed by atoms with van der Waals surface area (Å²) in [6.45, 7) is 0. The van der Waals surface area contributed by atoms with E-state index in [-0.39, 0.29) is 11.2 Å². The summed E-state index contributed by atoms with van der Waals surface area (Å²) in [5.74, 6) is 1.06. The molecule has 0 unspecified atom stereocenters. The molecule has 90 valence electrons. The van der Waals surface area contributed by atoms with Gasteiger partial charge in [-0.1, -0.05) is 12.1 Å². The normalized spacial score (nSPS) is 10.9. The Morgan fingerprint density at radius 3 is 2.78 bits per heavy atom. The fraction of sp³-hybridized carbons (Fsp3) is 0.0769. The van der Waals surface area contributed by atoms with Gasteiger partial charge in [0.2, 0.25) is 0 Å². The number of hydrogen-bond acceptors (Lipinski definition) is 3. The number of benzene rings is 1. The Labute approximate surface area is 102 Å². The molecule has 0 amide bonds. The molecule has 0 spiro atoms. The van der Waals surface area contributed by atoms with Crippen molar-refractivity contribution in [2.75, 3.05) is 0 Å². The third-order valence-electron chi connectivity index (χ3n) is 2.80. The van der Waals surface area contributed by atoms with Crippen molar-refractivity contribution in [2.45, 2.75) is 6.42 Å². The van der Waals surface area contributed by atoms with Crippen molar-refractivity contribution in [2.24, 2.45) is 0 Å². The van der Waals surface area contributed by atoms with Gasteiger partial charge in [0.15, 0.2) is 5.43 Å². The van der Waals surface area contributed by atoms with Gasteiger partial charge in [-0.3, -0.25) is 14.3 Å². The molecular weight excluding hydrogens is 230 g/mol. The molecule has 5 heteroatoms. The monoisotopic (exact) mass is 241 g/mol. The van der Waals surface area contributed by atoms with Crippen LogP contribution in [0.5, 0.6) is 5.75 Å². The van der Waals surface area contributed by atoms with E-state index in [2.05, 4.69) is 10.2 Å². The van der Waals surface area contributed by atoms with Crippen LogP contribution in [0.1, 0.15) is 11.4 Å². The van der Waals surface area contributed by atoms with Crippen LogP contribution in [0.4, 0.5) is 0 Å². The zero-order valence-electron chi connectivity index (χ0n) is 9.50. The second-order valence-electron chi connectivity index (χ2n) is 4.10. The van der Waals surface area contributed by atoms with Crippen LogP contribution in [0.25, 0.3) is 5.65 Å². The smallest absolute Gasteiger partial charge is 0.183 e. The molecule has 0 saturated carbocycles. The van der Waals surface area contributed by atoms with E-state index in [0.717, 1.165) is 11.4 Å². The number of aromatic hydroxyl groups is 1. The predicted octanol–water partition coefficient (Wildman–Crippen LogP) is 1.32. The number of pyridine rings is 1. The molecule has 5 nitrogen and oxygen atoms in total. The SMILES string of the molecule is O=c1ccn2c(Cc3ccc(O)cc3)n[nH]c2c1. The molecule has 2 N–H and O–H groups in total. The van der Waals surface area contributed by atoms with Gasteiger partial charge in [-0.05, 0) is 17.7 Å². The second-order valence-corrected chi connectivity index (χ2v) is 4.10. The molecular formula is C13H11N3O2. The molecule has 3 aromatic rings. The average molecular weight is 241 g/mol. The number of H-pyrrole nitrogens is 1. The summed E-state index contributed by atoms with van der Waals surface area (Å²) in [5.41, 5.74) is 1.67. The minimum Gasteiger partial charge on any atom is -0.508 e. The van der Waals surface area contributed by atoms with E-state index in [0.29, 0.717) is 12.1 Å². The van der Waals surface area contributed by atoms with Gasteiger partial charge in [0.1, 0.15) is 17.2 Å². The van der Waals surface area contributed by atoms with E-state index in [9.17, 15) is 9.90 Å². The molecule has 0 radical (unpaired) electrons. The highest BCUT2D eigenvalue weighted by atomic mass is 16.3. The minimum atomic E-state index is -0.0465. The first-order valence-electron chi connectivity index (χ1n) is 5.56. The first-order chi connectivity index (χ1) is 8.72. The lowest BCUT2D eigenvalue weighted by molar-refractivity contribution is 0.475. The first kappa shape index (κ1) is 10.6. The van der Waals surface area contributed by atoms with Crippen LogP contribution in [0.15, 0.2) is 47.4 Å². The van der Waals surface area contributed by atoms with E-state index in [1.807, 2.05) is 16.5 Å². The largest absolute Gasteiger partial charge is 0.508 e. The van der Waals surface area contributed by atoms with Crippen molar-refractivity contribution in [1.82, 2.24) is 14.6 Å². The number of hydrogen-bond donors (Lipinski definition) is 2. The van der Waals surface area contributed by atoms with Crippen LogP contribution in [-0.2, 0) is 6.42 Å². The summed E-state index contributed by atoms with van der Waals surface area (Å²) in [4.78, 5) is 11.2. The quantitative estimate of drug-likeness (QED) is 0.710. The van der Waals surface area contributed by atoms with Gasteiger partial charge in [0.25, 0.3) is 0 Å². The van der Waals surface area contributed by atoms with E-state index in [1.165, 1.54) is 12.1 Å². The van der Waals surface area contributed by atoms with E-state index < -0.39 is 0 Å². The Kier molecular flexibility index (Phi) is 2.37. The van der Waals surface area contributed by atoms with Gasteiger partial charge < -0.3 is 5.11 Å². The number of rotatable bonds is 2. The summed E-state index contributed by atoms with van der Waals surface area (Å²) < 4.78 is 1.84. The van der Waals surface area contributed by atoms with Crippen molar-refractivity contribution < 1.29 is 5.11 Å². The number of phenols is 1. The molecule has 3 rings (SSSR count). The van der Waals surface area contributed by atoms with Gasteiger partial charge in [0.05, 0.1) is 0 Å². The van der Waals surface area contributed by atoms with Gasteiger partial charge >= 0.3 is 0 Å². The summed E-state index contributed by atoms with van der Waals surface area (Å²) in [5, 5.41) is 16.2. The number of fused-ring (bicyclic) bond motifs is 1. The average Bonchev–Trinajstić information content (AvgIpc) is 2.74. The number of aromatic amines is 1. The Hall–Kier alpha value is -2.56. The highest BCUT2D eigenvalue weighted by Gasteiger charge is 2.05. The lowest BCUT2D eigenvalue weighted by Gasteiger charge is -2.00. The molecule has 0 atom stereocenters. The molecule has 0 aliphatic rings. The van der Waals surface area contributed by atoms with Crippen LogP contribution in [0.2, 0.25) is 0 Å². The first-order valence-corrected chi connectivity index (χ1v) is 5.56. The zero-order valence-corrected chi connectivity index (χ0v) is 9.50. The number of nitrogens with zero attached hydrogens (tertiary/aromatic N) is 2. The van der Waals surface area contributed by atoms with Crippen molar-refractivity contribution in [3.63, 3.8) is 0 Å². The van der Waals surface area contributed by atoms with Crippen LogP contribution >= 0.6 is 0 Å². The van der Waals surface area contributed by atoms with Gasteiger partial charge in [-0.15, -0.1) is 0 Å². The van der Waals surface area contributed by atoms with Crippen LogP contribution in [-0.4, -0.2) is 19.7 Å². The summed E-state index contributed by atoms with van der Waals surface area (Å²) in [7, 11) is 0. The summed E-state index contributed by atoms with van der Waals surface area (Å²) in [6.07, 6.45) is 2.33. The Balaban J connectivity index is 2.00. The van der Waals surface area contributed by atoms with Crippen LogP contribution in [0, 0.1) is 0 Å². The van der Waals surface area contributed by atoms with E-state index >= 15 is 0 Å². The molecule has 0 bridgehead atoms. The topological polar surface area (TPSA) is 70.4 Å². The van der Waals surface area contributed by atoms with E-state index in [4.69, 9.17) is 0 Å². The highest BCUT2D eigenvalue weighted by molar-refractivity contribution is 5.38. The molecule has 1 aromatic carbocycles. The predicted molar refractivity (Wildman–Crippen MR) is 66.7 cm³/mol. The van der Waals surface area contributed by atoms with E-state index in [1.54, 1.807) is 18.3 Å². The van der Waals surface area contributed by atoms with Gasteiger partial charge in [-0.2, -0.15) is 5.10 Å². The minimum absolute atomic E-state index is 0.0465. The van der Waals surface area contributed by atoms with Gasteiger partial charge in [-0.25, -0.2) is 0 Å². The third-order valence-corrected chi connectivity index (χ3v) is 2.80.